The molecule has 1 heterocycles. The van der Waals surface area contributed by atoms with Crippen LogP contribution in [0, 0.1) is 11.7 Å². The highest BCUT2D eigenvalue weighted by Gasteiger charge is 2.33. The van der Waals surface area contributed by atoms with E-state index in [-0.39, 0.29) is 24.3 Å². The molecule has 1 aromatic carbocycles. The van der Waals surface area contributed by atoms with Crippen LogP contribution in [0.1, 0.15) is 5.56 Å². The maximum Gasteiger partial charge on any atom is 0.267 e. The van der Waals surface area contributed by atoms with Gasteiger partial charge in [0.2, 0.25) is 5.91 Å². The van der Waals surface area contributed by atoms with Crippen LogP contribution >= 0.6 is 0 Å². The molecule has 2 atom stereocenters. The third-order valence-corrected chi connectivity index (χ3v) is 3.95. The Morgan fingerprint density at radius 2 is 2.28 bits per heavy atom. The predicted octanol–water partition coefficient (Wildman–Crippen LogP) is 1.74. The van der Waals surface area contributed by atoms with Gasteiger partial charge in [0.05, 0.1) is 24.8 Å². The summed E-state index contributed by atoms with van der Waals surface area (Å²) in [7, 11) is 0. The third kappa shape index (κ3) is 3.89. The van der Waals surface area contributed by atoms with Crippen molar-refractivity contribution in [2.45, 2.75) is 12.6 Å². The highest BCUT2D eigenvalue weighted by Crippen LogP contribution is 2.26. The smallest absolute Gasteiger partial charge is 0.267 e. The second-order valence-corrected chi connectivity index (χ2v) is 5.71. The fourth-order valence-corrected chi connectivity index (χ4v) is 2.73. The second kappa shape index (κ2) is 7.23. The quantitative estimate of drug-likeness (QED) is 0.497. The molecule has 128 valence electrons. The standard InChI is InChI=1S/C18H16FN3O3/c19-14-3-1-2-13(8-14)10-22-11-20-16-9-12(5-7-17(23)21-25)4-6-15(16)18(22)24/h1-9,11,15-16,25H,10H2,(H,21,23)/b7-5+. The molecule has 7 heteroatoms. The van der Waals surface area contributed by atoms with Crippen LogP contribution in [0.3, 0.4) is 0 Å². The van der Waals surface area contributed by atoms with Crippen molar-refractivity contribution in [2.24, 2.45) is 10.9 Å². The molecule has 0 saturated carbocycles. The number of benzene rings is 1. The SMILES string of the molecule is O=C(/C=C/C1=CC2N=CN(Cc3cccc(F)c3)C(=O)C2C=C1)NO. The maximum absolute atomic E-state index is 13.3. The molecule has 0 radical (unpaired) electrons. The van der Waals surface area contributed by atoms with Crippen LogP contribution in [-0.4, -0.2) is 34.3 Å². The number of hydrogen-bond acceptors (Lipinski definition) is 4. The molecule has 0 fully saturated rings. The molecule has 1 aliphatic heterocycles. The lowest BCUT2D eigenvalue weighted by molar-refractivity contribution is -0.131. The number of fused-ring (bicyclic) bond motifs is 1. The summed E-state index contributed by atoms with van der Waals surface area (Å²) in [6, 6.07) is 5.75. The van der Waals surface area contributed by atoms with Gasteiger partial charge in [-0.15, -0.1) is 0 Å². The Morgan fingerprint density at radius 3 is 3.04 bits per heavy atom. The molecule has 2 unspecified atom stereocenters. The summed E-state index contributed by atoms with van der Waals surface area (Å²) in [6.45, 7) is 0.254. The zero-order valence-corrected chi connectivity index (χ0v) is 13.2. The lowest BCUT2D eigenvalue weighted by Gasteiger charge is -2.31. The summed E-state index contributed by atoms with van der Waals surface area (Å²) in [4.78, 5) is 29.5. The van der Waals surface area contributed by atoms with E-state index in [9.17, 15) is 14.0 Å². The zero-order chi connectivity index (χ0) is 17.8. The van der Waals surface area contributed by atoms with E-state index < -0.39 is 11.8 Å². The minimum atomic E-state index is -0.638. The Balaban J connectivity index is 1.73. The topological polar surface area (TPSA) is 82.0 Å². The molecule has 0 saturated heterocycles. The molecular weight excluding hydrogens is 325 g/mol. The molecule has 6 nitrogen and oxygen atoms in total. The van der Waals surface area contributed by atoms with E-state index in [1.807, 2.05) is 0 Å². The first-order valence-corrected chi connectivity index (χ1v) is 7.67. The van der Waals surface area contributed by atoms with Gasteiger partial charge in [0.15, 0.2) is 0 Å². The van der Waals surface area contributed by atoms with Crippen molar-refractivity contribution in [1.82, 2.24) is 10.4 Å². The first-order valence-electron chi connectivity index (χ1n) is 7.67. The van der Waals surface area contributed by atoms with E-state index in [4.69, 9.17) is 5.21 Å². The van der Waals surface area contributed by atoms with Crippen LogP contribution in [-0.2, 0) is 16.1 Å². The number of carbonyl (C=O) groups excluding carboxylic acids is 2. The number of rotatable bonds is 4. The Kier molecular flexibility index (Phi) is 4.85. The summed E-state index contributed by atoms with van der Waals surface area (Å²) in [5.74, 6) is -1.53. The van der Waals surface area contributed by atoms with Crippen molar-refractivity contribution < 1.29 is 19.2 Å². The number of halogens is 1. The number of amides is 2. The van der Waals surface area contributed by atoms with Crippen LogP contribution in [0.2, 0.25) is 0 Å². The average molecular weight is 341 g/mol. The fourth-order valence-electron chi connectivity index (χ4n) is 2.73. The van der Waals surface area contributed by atoms with Crippen molar-refractivity contribution >= 4 is 18.2 Å². The van der Waals surface area contributed by atoms with E-state index in [1.165, 1.54) is 41.0 Å². The summed E-state index contributed by atoms with van der Waals surface area (Å²) in [5, 5.41) is 8.47. The van der Waals surface area contributed by atoms with Crippen LogP contribution in [0.25, 0.3) is 0 Å². The van der Waals surface area contributed by atoms with E-state index in [0.717, 1.165) is 0 Å². The van der Waals surface area contributed by atoms with Crippen molar-refractivity contribution in [3.05, 3.63) is 71.6 Å². The maximum atomic E-state index is 13.3. The molecular formula is C18H16FN3O3. The molecule has 3 rings (SSSR count). The molecule has 0 bridgehead atoms. The summed E-state index contributed by atoms with van der Waals surface area (Å²) < 4.78 is 13.3. The van der Waals surface area contributed by atoms with Crippen LogP contribution in [0.4, 0.5) is 4.39 Å². The Morgan fingerprint density at radius 1 is 1.44 bits per heavy atom. The number of hydroxylamine groups is 1. The van der Waals surface area contributed by atoms with E-state index >= 15 is 0 Å². The highest BCUT2D eigenvalue weighted by molar-refractivity contribution is 5.94. The van der Waals surface area contributed by atoms with Crippen molar-refractivity contribution in [1.29, 1.82) is 0 Å². The molecule has 2 aliphatic rings. The Hall–Kier alpha value is -3.06. The number of allylic oxidation sites excluding steroid dienone is 3. The molecule has 0 spiro atoms. The first kappa shape index (κ1) is 16.8. The number of hydrogen-bond donors (Lipinski definition) is 2. The van der Waals surface area contributed by atoms with Crippen LogP contribution in [0.15, 0.2) is 65.2 Å². The van der Waals surface area contributed by atoms with Crippen molar-refractivity contribution in [3.63, 3.8) is 0 Å². The van der Waals surface area contributed by atoms with Gasteiger partial charge in [0.1, 0.15) is 5.82 Å². The number of carbonyl (C=O) groups is 2. The number of nitrogens with zero attached hydrogens (tertiary/aromatic N) is 2. The lowest BCUT2D eigenvalue weighted by Crippen LogP contribution is -2.43. The minimum Gasteiger partial charge on any atom is -0.298 e. The van der Waals surface area contributed by atoms with E-state index in [0.29, 0.717) is 11.1 Å². The molecule has 1 aromatic rings. The zero-order valence-electron chi connectivity index (χ0n) is 13.2. The molecule has 1 aliphatic carbocycles. The Bertz CT molecular complexity index is 814. The van der Waals surface area contributed by atoms with Gasteiger partial charge in [-0.3, -0.25) is 24.7 Å². The summed E-state index contributed by atoms with van der Waals surface area (Å²) >= 11 is 0. The first-order chi connectivity index (χ1) is 12.1. The molecule has 0 aromatic heterocycles. The van der Waals surface area contributed by atoms with Gasteiger partial charge < -0.3 is 0 Å². The van der Waals surface area contributed by atoms with Gasteiger partial charge in [-0.2, -0.15) is 0 Å². The van der Waals surface area contributed by atoms with Crippen molar-refractivity contribution in [2.75, 3.05) is 0 Å². The van der Waals surface area contributed by atoms with E-state index in [2.05, 4.69) is 4.99 Å². The normalized spacial score (nSPS) is 22.1. The van der Waals surface area contributed by atoms with Crippen LogP contribution < -0.4 is 5.48 Å². The van der Waals surface area contributed by atoms with Gasteiger partial charge in [0, 0.05) is 6.08 Å². The van der Waals surface area contributed by atoms with Crippen LogP contribution in [0.5, 0.6) is 0 Å². The van der Waals surface area contributed by atoms with Gasteiger partial charge >= 0.3 is 0 Å². The average Bonchev–Trinajstić information content (AvgIpc) is 2.62. The lowest BCUT2D eigenvalue weighted by atomic mass is 9.89. The van der Waals surface area contributed by atoms with Gasteiger partial charge in [-0.25, -0.2) is 9.87 Å². The van der Waals surface area contributed by atoms with Gasteiger partial charge in [0.25, 0.3) is 5.91 Å². The van der Waals surface area contributed by atoms with Gasteiger partial charge in [-0.1, -0.05) is 30.4 Å². The predicted molar refractivity (Wildman–Crippen MR) is 89.0 cm³/mol. The molecule has 2 N–H and O–H groups in total. The number of aliphatic imine (C=N–C) groups is 1. The third-order valence-electron chi connectivity index (χ3n) is 3.95. The van der Waals surface area contributed by atoms with Gasteiger partial charge in [-0.05, 0) is 29.3 Å². The van der Waals surface area contributed by atoms with E-state index in [1.54, 1.807) is 30.4 Å². The molecule has 25 heavy (non-hydrogen) atoms. The minimum absolute atomic E-state index is 0.118. The van der Waals surface area contributed by atoms with Crippen molar-refractivity contribution in [3.8, 4) is 0 Å². The second-order valence-electron chi connectivity index (χ2n) is 5.71. The monoisotopic (exact) mass is 341 g/mol. The number of nitrogens with one attached hydrogen (secondary N) is 1. The highest BCUT2D eigenvalue weighted by atomic mass is 19.1. The largest absolute Gasteiger partial charge is 0.298 e. The fraction of sp³-hybridized carbons (Fsp3) is 0.167. The molecule has 2 amide bonds. The Labute approximate surface area is 143 Å². The summed E-state index contributed by atoms with van der Waals surface area (Å²) in [5.41, 5.74) is 2.91. The summed E-state index contributed by atoms with van der Waals surface area (Å²) in [6.07, 6.45) is 9.41.